The van der Waals surface area contributed by atoms with Gasteiger partial charge in [0.2, 0.25) is 0 Å². The quantitative estimate of drug-likeness (QED) is 0.221. The van der Waals surface area contributed by atoms with Gasteiger partial charge in [-0.2, -0.15) is 0 Å². The minimum Gasteiger partial charge on any atom is -0.462 e. The van der Waals surface area contributed by atoms with Crippen LogP contribution in [0.25, 0.3) is 10.3 Å². The number of carbonyl (C=O) groups is 1. The Morgan fingerprint density at radius 3 is 2.74 bits per heavy atom. The Kier molecular flexibility index (Phi) is 7.34. The lowest BCUT2D eigenvalue weighted by Gasteiger charge is -2.33. The van der Waals surface area contributed by atoms with Crippen molar-refractivity contribution in [1.82, 2.24) is 19.4 Å². The molecular weight excluding hydrogens is 576 g/mol. The molecule has 42 heavy (non-hydrogen) atoms. The van der Waals surface area contributed by atoms with Crippen molar-refractivity contribution >= 4 is 39.3 Å². The Hall–Kier alpha value is -3.18. The Labute approximate surface area is 253 Å². The molecule has 2 atom stereocenters. The van der Waals surface area contributed by atoms with Gasteiger partial charge in [-0.1, -0.05) is 23.7 Å². The molecule has 3 aliphatic heterocycles. The number of halogens is 1. The van der Waals surface area contributed by atoms with E-state index < -0.39 is 5.79 Å². The van der Waals surface area contributed by atoms with Crippen molar-refractivity contribution in [2.24, 2.45) is 0 Å². The van der Waals surface area contributed by atoms with E-state index in [4.69, 9.17) is 35.5 Å². The molecule has 4 aromatic rings. The Bertz CT molecular complexity index is 1610. The summed E-state index contributed by atoms with van der Waals surface area (Å²) in [6, 6.07) is 11.7. The third kappa shape index (κ3) is 5.15. The molecule has 2 fully saturated rings. The highest BCUT2D eigenvalue weighted by molar-refractivity contribution is 7.20. The van der Waals surface area contributed by atoms with Crippen molar-refractivity contribution in [3.8, 4) is 11.5 Å². The summed E-state index contributed by atoms with van der Waals surface area (Å²) in [4.78, 5) is 25.7. The fraction of sp³-hybridized carbons (Fsp3) is 0.452. The summed E-state index contributed by atoms with van der Waals surface area (Å²) < 4.78 is 26.0. The first-order valence-electron chi connectivity index (χ1n) is 14.5. The van der Waals surface area contributed by atoms with Crippen LogP contribution in [0, 0.1) is 0 Å². The molecule has 0 N–H and O–H groups in total. The smallest absolute Gasteiger partial charge is 0.348 e. The van der Waals surface area contributed by atoms with Crippen LogP contribution in [0.2, 0.25) is 5.02 Å². The van der Waals surface area contributed by atoms with Gasteiger partial charge in [-0.15, -0.1) is 11.3 Å². The monoisotopic (exact) mass is 608 g/mol. The van der Waals surface area contributed by atoms with E-state index in [1.165, 1.54) is 16.9 Å². The molecule has 0 aliphatic carbocycles. The summed E-state index contributed by atoms with van der Waals surface area (Å²) in [6.07, 6.45) is 4.85. The maximum atomic E-state index is 12.3. The van der Waals surface area contributed by atoms with Gasteiger partial charge in [0.15, 0.2) is 11.5 Å². The molecule has 7 rings (SSSR count). The number of ether oxygens (including phenoxy) is 4. The average Bonchev–Trinajstić information content (AvgIpc) is 3.62. The number of aromatic nitrogens is 3. The van der Waals surface area contributed by atoms with E-state index in [9.17, 15) is 4.79 Å². The number of likely N-dealkylation sites (tertiary alicyclic amines) is 1. The van der Waals surface area contributed by atoms with Gasteiger partial charge in [-0.05, 0) is 69.5 Å². The first kappa shape index (κ1) is 27.6. The fourth-order valence-corrected chi connectivity index (χ4v) is 7.10. The first-order valence-corrected chi connectivity index (χ1v) is 15.7. The zero-order valence-corrected chi connectivity index (χ0v) is 25.2. The van der Waals surface area contributed by atoms with Gasteiger partial charge in [-0.25, -0.2) is 9.78 Å². The molecule has 2 saturated heterocycles. The number of esters is 1. The predicted molar refractivity (Wildman–Crippen MR) is 159 cm³/mol. The highest BCUT2D eigenvalue weighted by Gasteiger charge is 2.42. The van der Waals surface area contributed by atoms with E-state index in [1.54, 1.807) is 12.3 Å². The maximum absolute atomic E-state index is 12.3. The molecular formula is C31H33ClN4O5S. The predicted octanol–water partition coefficient (Wildman–Crippen LogP) is 6.14. The van der Waals surface area contributed by atoms with Gasteiger partial charge in [0.05, 0.1) is 36.3 Å². The van der Waals surface area contributed by atoms with Gasteiger partial charge >= 0.3 is 5.97 Å². The Morgan fingerprint density at radius 2 is 2.02 bits per heavy atom. The lowest BCUT2D eigenvalue weighted by Crippen LogP contribution is -2.35. The molecule has 0 bridgehead atoms. The van der Waals surface area contributed by atoms with Gasteiger partial charge in [0, 0.05) is 25.3 Å². The van der Waals surface area contributed by atoms with Crippen LogP contribution in [0.3, 0.4) is 0 Å². The van der Waals surface area contributed by atoms with E-state index in [-0.39, 0.29) is 12.1 Å². The topological polar surface area (TPSA) is 87.9 Å². The molecule has 0 amide bonds. The lowest BCUT2D eigenvalue weighted by molar-refractivity contribution is -0.0722. The number of nitrogens with zero attached hydrogens (tertiary/aromatic N) is 4. The van der Waals surface area contributed by atoms with E-state index in [2.05, 4.69) is 20.5 Å². The van der Waals surface area contributed by atoms with Crippen LogP contribution in [0.15, 0.2) is 42.6 Å². The minimum absolute atomic E-state index is 0.189. The second-order valence-corrected chi connectivity index (χ2v) is 12.6. The molecule has 9 nitrogen and oxygen atoms in total. The van der Waals surface area contributed by atoms with E-state index in [1.807, 2.05) is 38.1 Å². The first-order chi connectivity index (χ1) is 20.4. The third-order valence-electron chi connectivity index (χ3n) is 8.38. The van der Waals surface area contributed by atoms with Crippen LogP contribution in [0.4, 0.5) is 0 Å². The summed E-state index contributed by atoms with van der Waals surface area (Å²) in [5.41, 5.74) is 2.85. The van der Waals surface area contributed by atoms with Crippen molar-refractivity contribution in [3.05, 3.63) is 69.6 Å². The van der Waals surface area contributed by atoms with E-state index in [0.29, 0.717) is 28.1 Å². The lowest BCUT2D eigenvalue weighted by atomic mass is 9.88. The Balaban J connectivity index is 1.05. The number of rotatable bonds is 8. The van der Waals surface area contributed by atoms with E-state index in [0.717, 1.165) is 79.7 Å². The molecule has 1 aromatic carbocycles. The zero-order chi connectivity index (χ0) is 28.8. The van der Waals surface area contributed by atoms with Gasteiger partial charge < -0.3 is 23.5 Å². The minimum atomic E-state index is -0.995. The summed E-state index contributed by atoms with van der Waals surface area (Å²) in [5.74, 6) is 1.65. The fourth-order valence-electron chi connectivity index (χ4n) is 6.04. The summed E-state index contributed by atoms with van der Waals surface area (Å²) in [6.45, 7) is 8.26. The van der Waals surface area contributed by atoms with Crippen LogP contribution in [0.1, 0.15) is 65.8 Å². The summed E-state index contributed by atoms with van der Waals surface area (Å²) >= 11 is 7.45. The highest BCUT2D eigenvalue weighted by atomic mass is 35.5. The number of fused-ring (bicyclic) bond motifs is 2. The molecule has 3 aliphatic rings. The number of para-hydroxylation sites is 1. The van der Waals surface area contributed by atoms with E-state index >= 15 is 0 Å². The van der Waals surface area contributed by atoms with Crippen molar-refractivity contribution in [2.45, 2.75) is 64.0 Å². The number of hydrogen-bond acceptors (Lipinski definition) is 9. The highest BCUT2D eigenvalue weighted by Crippen LogP contribution is 2.49. The van der Waals surface area contributed by atoms with Gasteiger partial charge in [0.1, 0.15) is 21.2 Å². The van der Waals surface area contributed by atoms with Gasteiger partial charge in [0.25, 0.3) is 5.79 Å². The molecule has 6 heterocycles. The second kappa shape index (κ2) is 11.1. The standard InChI is InChI=1S/C31H33ClN4O5S/c1-3-38-30(37)25-15-23-29(42-25)34-27(36(23)17-21-11-14-39-21)18-35-12-9-19(10-13-35)22-5-4-6-24-28(22)41-31(2,40-24)26-8-7-20(32)16-33-26/h4-8,15-16,19,21H,3,9-14,17-18H2,1-2H3/t21-,31-/m0/s1. The van der Waals surface area contributed by atoms with Crippen LogP contribution in [0.5, 0.6) is 11.5 Å². The van der Waals surface area contributed by atoms with Crippen molar-refractivity contribution in [2.75, 3.05) is 26.3 Å². The molecule has 0 radical (unpaired) electrons. The second-order valence-electron chi connectivity index (χ2n) is 11.2. The van der Waals surface area contributed by atoms with Crippen molar-refractivity contribution < 1.29 is 23.7 Å². The summed E-state index contributed by atoms with van der Waals surface area (Å²) in [5, 5.41) is 0.574. The van der Waals surface area contributed by atoms with Crippen molar-refractivity contribution in [1.29, 1.82) is 0 Å². The maximum Gasteiger partial charge on any atom is 0.348 e. The molecule has 0 saturated carbocycles. The molecule has 11 heteroatoms. The molecule has 0 unspecified atom stereocenters. The van der Waals surface area contributed by atoms with Crippen molar-refractivity contribution in [3.63, 3.8) is 0 Å². The molecule has 220 valence electrons. The average molecular weight is 609 g/mol. The third-order valence-corrected chi connectivity index (χ3v) is 9.60. The number of piperidine rings is 1. The van der Waals surface area contributed by atoms with Crippen LogP contribution in [-0.2, 0) is 28.4 Å². The number of benzene rings is 1. The number of hydrogen-bond donors (Lipinski definition) is 0. The molecule has 3 aromatic heterocycles. The van der Waals surface area contributed by atoms with Crippen LogP contribution >= 0.6 is 22.9 Å². The summed E-state index contributed by atoms with van der Waals surface area (Å²) in [7, 11) is 0. The normalized spacial score (nSPS) is 22.4. The zero-order valence-electron chi connectivity index (χ0n) is 23.7. The number of carbonyl (C=O) groups excluding carboxylic acids is 1. The molecule has 0 spiro atoms. The van der Waals surface area contributed by atoms with Crippen LogP contribution < -0.4 is 9.47 Å². The number of thiophene rings is 1. The largest absolute Gasteiger partial charge is 0.462 e. The number of pyridine rings is 1. The Morgan fingerprint density at radius 1 is 1.19 bits per heavy atom. The van der Waals surface area contributed by atoms with Gasteiger partial charge in [-0.3, -0.25) is 9.88 Å². The van der Waals surface area contributed by atoms with Crippen LogP contribution in [-0.4, -0.2) is 57.8 Å². The SMILES string of the molecule is CCOC(=O)c1cc2c(nc(CN3CCC(c4cccc5c4O[C@@](C)(c4ccc(Cl)cn4)O5)CC3)n2C[C@@H]2CCO2)s1. The number of imidazole rings is 1.